The predicted octanol–water partition coefficient (Wildman–Crippen LogP) is 3.43. The van der Waals surface area contributed by atoms with Crippen LogP contribution in [-0.2, 0) is 14.3 Å². The van der Waals surface area contributed by atoms with E-state index in [-0.39, 0.29) is 29.8 Å². The maximum Gasteiger partial charge on any atom is 0.225 e. The molecule has 0 aromatic rings. The maximum absolute atomic E-state index is 12.6. The van der Waals surface area contributed by atoms with Gasteiger partial charge in [0, 0.05) is 25.6 Å². The van der Waals surface area contributed by atoms with Crippen LogP contribution in [-0.4, -0.2) is 42.4 Å². The van der Waals surface area contributed by atoms with Crippen LogP contribution in [0.2, 0.25) is 0 Å². The number of hydrogen-bond donors (Lipinski definition) is 0. The Hall–Kier alpha value is -0.900. The van der Waals surface area contributed by atoms with E-state index >= 15 is 0 Å². The summed E-state index contributed by atoms with van der Waals surface area (Å²) in [6, 6.07) is 0.229. The highest BCUT2D eigenvalue weighted by Crippen LogP contribution is 2.26. The van der Waals surface area contributed by atoms with Gasteiger partial charge in [-0.3, -0.25) is 9.59 Å². The topological polar surface area (TPSA) is 46.6 Å². The minimum Gasteiger partial charge on any atom is -0.381 e. The Kier molecular flexibility index (Phi) is 8.08. The lowest BCUT2D eigenvalue weighted by Crippen LogP contribution is -2.39. The SMILES string of the molecule is CC[C@H](C)C[C@@H](CC(=O)N1CCC[C@H]1C[C@@H](C)C(C)=O)OC. The van der Waals surface area contributed by atoms with Crippen LogP contribution in [0.1, 0.15) is 66.2 Å². The van der Waals surface area contributed by atoms with Gasteiger partial charge in [-0.25, -0.2) is 0 Å². The predicted molar refractivity (Wildman–Crippen MR) is 88.7 cm³/mol. The van der Waals surface area contributed by atoms with Crippen molar-refractivity contribution in [2.24, 2.45) is 11.8 Å². The third-order valence-corrected chi connectivity index (χ3v) is 5.11. The standard InChI is InChI=1S/C18H33NO3/c1-6-13(2)10-17(22-5)12-18(21)19-9-7-8-16(19)11-14(3)15(4)20/h13-14,16-17H,6-12H2,1-5H3/t13-,14+,16-,17-/m0/s1. The lowest BCUT2D eigenvalue weighted by atomic mass is 9.96. The second-order valence-corrected chi connectivity index (χ2v) is 6.94. The largest absolute Gasteiger partial charge is 0.381 e. The van der Waals surface area contributed by atoms with Gasteiger partial charge in [-0.1, -0.05) is 27.2 Å². The Bertz CT molecular complexity index is 369. The molecule has 0 aromatic carbocycles. The summed E-state index contributed by atoms with van der Waals surface area (Å²) < 4.78 is 5.51. The first kappa shape index (κ1) is 19.1. The monoisotopic (exact) mass is 311 g/mol. The van der Waals surface area contributed by atoms with E-state index in [0.29, 0.717) is 12.3 Å². The Morgan fingerprint density at radius 2 is 2.00 bits per heavy atom. The van der Waals surface area contributed by atoms with Crippen molar-refractivity contribution in [3.05, 3.63) is 0 Å². The number of rotatable bonds is 9. The van der Waals surface area contributed by atoms with Crippen molar-refractivity contribution < 1.29 is 14.3 Å². The zero-order valence-electron chi connectivity index (χ0n) is 14.9. The zero-order chi connectivity index (χ0) is 16.7. The van der Waals surface area contributed by atoms with Gasteiger partial charge in [-0.2, -0.15) is 0 Å². The number of carbonyl (C=O) groups is 2. The van der Waals surface area contributed by atoms with Crippen molar-refractivity contribution >= 4 is 11.7 Å². The minimum absolute atomic E-state index is 0.00827. The van der Waals surface area contributed by atoms with Crippen molar-refractivity contribution in [1.82, 2.24) is 4.90 Å². The highest BCUT2D eigenvalue weighted by Gasteiger charge is 2.31. The number of hydrogen-bond acceptors (Lipinski definition) is 3. The third-order valence-electron chi connectivity index (χ3n) is 5.11. The zero-order valence-corrected chi connectivity index (χ0v) is 14.9. The molecule has 0 radical (unpaired) electrons. The average molecular weight is 311 g/mol. The molecule has 1 aliphatic heterocycles. The van der Waals surface area contributed by atoms with Gasteiger partial charge in [0.25, 0.3) is 0 Å². The molecular formula is C18H33NO3. The summed E-state index contributed by atoms with van der Waals surface area (Å²) in [5, 5.41) is 0. The summed E-state index contributed by atoms with van der Waals surface area (Å²) in [4.78, 5) is 26.1. The molecule has 0 saturated carbocycles. The lowest BCUT2D eigenvalue weighted by Gasteiger charge is -2.28. The van der Waals surface area contributed by atoms with Gasteiger partial charge in [0.1, 0.15) is 5.78 Å². The first-order chi connectivity index (χ1) is 10.4. The Balaban J connectivity index is 2.56. The van der Waals surface area contributed by atoms with E-state index in [1.54, 1.807) is 14.0 Å². The van der Waals surface area contributed by atoms with Gasteiger partial charge in [0.15, 0.2) is 0 Å². The quantitative estimate of drug-likeness (QED) is 0.655. The Morgan fingerprint density at radius 3 is 2.55 bits per heavy atom. The molecule has 1 heterocycles. The molecule has 128 valence electrons. The van der Waals surface area contributed by atoms with Crippen LogP contribution in [0.25, 0.3) is 0 Å². The number of likely N-dealkylation sites (tertiary alicyclic amines) is 1. The second-order valence-electron chi connectivity index (χ2n) is 6.94. The van der Waals surface area contributed by atoms with Crippen molar-refractivity contribution in [3.63, 3.8) is 0 Å². The highest BCUT2D eigenvalue weighted by molar-refractivity contribution is 5.79. The molecule has 0 unspecified atom stereocenters. The van der Waals surface area contributed by atoms with Crippen LogP contribution < -0.4 is 0 Å². The molecule has 0 N–H and O–H groups in total. The van der Waals surface area contributed by atoms with Crippen LogP contribution >= 0.6 is 0 Å². The molecule has 1 saturated heterocycles. The fourth-order valence-electron chi connectivity index (χ4n) is 3.17. The molecule has 1 rings (SSSR count). The molecule has 0 bridgehead atoms. The van der Waals surface area contributed by atoms with Crippen LogP contribution in [0.4, 0.5) is 0 Å². The summed E-state index contributed by atoms with van der Waals surface area (Å²) in [6.07, 6.45) is 5.37. The van der Waals surface area contributed by atoms with Crippen molar-refractivity contribution in [1.29, 1.82) is 0 Å². The second kappa shape index (κ2) is 9.29. The molecule has 0 aromatic heterocycles. The molecule has 4 heteroatoms. The fraction of sp³-hybridized carbons (Fsp3) is 0.889. The summed E-state index contributed by atoms with van der Waals surface area (Å²) >= 11 is 0. The van der Waals surface area contributed by atoms with Crippen LogP contribution in [0.3, 0.4) is 0 Å². The molecule has 1 fully saturated rings. The Morgan fingerprint density at radius 1 is 1.32 bits per heavy atom. The number of nitrogens with zero attached hydrogens (tertiary/aromatic N) is 1. The summed E-state index contributed by atoms with van der Waals surface area (Å²) in [6.45, 7) is 8.79. The van der Waals surface area contributed by atoms with Crippen LogP contribution in [0.5, 0.6) is 0 Å². The van der Waals surface area contributed by atoms with Gasteiger partial charge >= 0.3 is 0 Å². The normalized spacial score (nSPS) is 22.4. The third kappa shape index (κ3) is 5.71. The van der Waals surface area contributed by atoms with Crippen molar-refractivity contribution in [2.45, 2.75) is 78.4 Å². The van der Waals surface area contributed by atoms with E-state index in [2.05, 4.69) is 13.8 Å². The molecule has 1 amide bonds. The van der Waals surface area contributed by atoms with Crippen LogP contribution in [0, 0.1) is 11.8 Å². The number of carbonyl (C=O) groups excluding carboxylic acids is 2. The van der Waals surface area contributed by atoms with Crippen molar-refractivity contribution in [3.8, 4) is 0 Å². The van der Waals surface area contributed by atoms with E-state index in [0.717, 1.165) is 38.6 Å². The van der Waals surface area contributed by atoms with Gasteiger partial charge in [0.05, 0.1) is 12.5 Å². The van der Waals surface area contributed by atoms with Gasteiger partial charge in [0.2, 0.25) is 5.91 Å². The summed E-state index contributed by atoms with van der Waals surface area (Å²) in [5.41, 5.74) is 0. The Labute approximate surface area is 135 Å². The summed E-state index contributed by atoms with van der Waals surface area (Å²) in [5.74, 6) is 1.01. The molecule has 4 nitrogen and oxygen atoms in total. The molecule has 4 atom stereocenters. The smallest absolute Gasteiger partial charge is 0.225 e. The number of Topliss-reactive ketones (excluding diaryl/α,β-unsaturated/α-hetero) is 1. The lowest BCUT2D eigenvalue weighted by molar-refractivity contribution is -0.135. The van der Waals surface area contributed by atoms with Gasteiger partial charge in [-0.05, 0) is 38.5 Å². The molecular weight excluding hydrogens is 278 g/mol. The van der Waals surface area contributed by atoms with E-state index in [4.69, 9.17) is 4.74 Å². The average Bonchev–Trinajstić information content (AvgIpc) is 2.94. The minimum atomic E-state index is 0.00827. The fourth-order valence-corrected chi connectivity index (χ4v) is 3.17. The molecule has 0 aliphatic carbocycles. The maximum atomic E-state index is 12.6. The summed E-state index contributed by atoms with van der Waals surface area (Å²) in [7, 11) is 1.69. The first-order valence-corrected chi connectivity index (χ1v) is 8.71. The van der Waals surface area contributed by atoms with E-state index in [9.17, 15) is 9.59 Å². The number of ketones is 1. The number of amides is 1. The van der Waals surface area contributed by atoms with E-state index in [1.807, 2.05) is 11.8 Å². The highest BCUT2D eigenvalue weighted by atomic mass is 16.5. The molecule has 1 aliphatic rings. The number of ether oxygens (including phenoxy) is 1. The van der Waals surface area contributed by atoms with Crippen LogP contribution in [0.15, 0.2) is 0 Å². The van der Waals surface area contributed by atoms with E-state index in [1.165, 1.54) is 0 Å². The molecule has 0 spiro atoms. The van der Waals surface area contributed by atoms with E-state index < -0.39 is 0 Å². The van der Waals surface area contributed by atoms with Crippen molar-refractivity contribution in [2.75, 3.05) is 13.7 Å². The van der Waals surface area contributed by atoms with Gasteiger partial charge in [-0.15, -0.1) is 0 Å². The molecule has 22 heavy (non-hydrogen) atoms. The number of methoxy groups -OCH3 is 1. The first-order valence-electron chi connectivity index (χ1n) is 8.71. The van der Waals surface area contributed by atoms with Gasteiger partial charge < -0.3 is 9.64 Å².